The van der Waals surface area contributed by atoms with Crippen molar-refractivity contribution >= 4 is 5.91 Å². The molecule has 0 unspecified atom stereocenters. The zero-order valence-corrected chi connectivity index (χ0v) is 12.4. The van der Waals surface area contributed by atoms with Crippen molar-refractivity contribution in [3.05, 3.63) is 29.6 Å². The van der Waals surface area contributed by atoms with Crippen LogP contribution in [0.1, 0.15) is 18.6 Å². The lowest BCUT2D eigenvalue weighted by atomic mass is 10.1. The molecule has 1 amide bonds. The van der Waals surface area contributed by atoms with Gasteiger partial charge in [0, 0.05) is 37.8 Å². The number of hydrogen-bond acceptors (Lipinski definition) is 4. The van der Waals surface area contributed by atoms with Crippen LogP contribution >= 0.6 is 0 Å². The van der Waals surface area contributed by atoms with Crippen LogP contribution in [0.3, 0.4) is 0 Å². The number of amides is 1. The van der Waals surface area contributed by atoms with Crippen molar-refractivity contribution in [3.63, 3.8) is 0 Å². The normalized spacial score (nSPS) is 17.6. The van der Waals surface area contributed by atoms with Crippen LogP contribution in [0, 0.1) is 5.82 Å². The molecule has 1 aromatic carbocycles. The summed E-state index contributed by atoms with van der Waals surface area (Å²) in [6, 6.07) is 4.22. The molecule has 1 saturated heterocycles. The van der Waals surface area contributed by atoms with Gasteiger partial charge in [-0.3, -0.25) is 4.79 Å². The summed E-state index contributed by atoms with van der Waals surface area (Å²) in [4.78, 5) is 15.9. The molecular weight excluding hydrogens is 275 g/mol. The van der Waals surface area contributed by atoms with E-state index in [9.17, 15) is 14.3 Å². The van der Waals surface area contributed by atoms with Gasteiger partial charge in [0.2, 0.25) is 0 Å². The average Bonchev–Trinajstić information content (AvgIpc) is 2.45. The molecule has 1 aliphatic rings. The summed E-state index contributed by atoms with van der Waals surface area (Å²) in [5.74, 6) is -0.336. The number of carbonyl (C=O) groups is 1. The molecule has 1 atom stereocenters. The van der Waals surface area contributed by atoms with Crippen LogP contribution < -0.4 is 4.74 Å². The number of ether oxygens (including phenoxy) is 1. The Morgan fingerprint density at radius 3 is 2.62 bits per heavy atom. The van der Waals surface area contributed by atoms with E-state index in [-0.39, 0.29) is 18.1 Å². The molecule has 0 bridgehead atoms. The van der Waals surface area contributed by atoms with E-state index < -0.39 is 11.9 Å². The standard InChI is InChI=1S/C15H21FN2O3/c1-11(19)13-4-3-12(9-14(13)16)21-10-15(20)18-7-5-17(2)6-8-18/h3-4,9,11,19H,5-8,10H2,1-2H3/t11-/m0/s1. The lowest BCUT2D eigenvalue weighted by Crippen LogP contribution is -2.48. The Labute approximate surface area is 123 Å². The predicted molar refractivity (Wildman–Crippen MR) is 76.6 cm³/mol. The van der Waals surface area contributed by atoms with Crippen LogP contribution in [0.5, 0.6) is 5.75 Å². The van der Waals surface area contributed by atoms with E-state index >= 15 is 0 Å². The highest BCUT2D eigenvalue weighted by Gasteiger charge is 2.19. The summed E-state index contributed by atoms with van der Waals surface area (Å²) >= 11 is 0. The van der Waals surface area contributed by atoms with E-state index in [1.165, 1.54) is 19.1 Å². The number of carbonyl (C=O) groups excluding carboxylic acids is 1. The van der Waals surface area contributed by atoms with Gasteiger partial charge in [-0.2, -0.15) is 0 Å². The molecule has 2 rings (SSSR count). The first-order valence-electron chi connectivity index (χ1n) is 7.04. The monoisotopic (exact) mass is 296 g/mol. The van der Waals surface area contributed by atoms with Crippen molar-refractivity contribution in [3.8, 4) is 5.75 Å². The Kier molecular flexibility index (Phi) is 5.14. The first-order valence-corrected chi connectivity index (χ1v) is 7.04. The second kappa shape index (κ2) is 6.87. The highest BCUT2D eigenvalue weighted by Crippen LogP contribution is 2.21. The van der Waals surface area contributed by atoms with Gasteiger partial charge in [-0.15, -0.1) is 0 Å². The minimum atomic E-state index is -0.869. The first kappa shape index (κ1) is 15.7. The molecule has 116 valence electrons. The Bertz CT molecular complexity index is 500. The largest absolute Gasteiger partial charge is 0.484 e. The number of likely N-dealkylation sites (N-methyl/N-ethyl adjacent to an activating group) is 1. The predicted octanol–water partition coefficient (Wildman–Crippen LogP) is 1.03. The Balaban J connectivity index is 1.88. The summed E-state index contributed by atoms with van der Waals surface area (Å²) in [7, 11) is 2.02. The number of hydrogen-bond donors (Lipinski definition) is 1. The molecule has 1 aliphatic heterocycles. The summed E-state index contributed by atoms with van der Waals surface area (Å²) in [5, 5.41) is 9.36. The van der Waals surface area contributed by atoms with Gasteiger partial charge in [0.15, 0.2) is 6.61 Å². The van der Waals surface area contributed by atoms with Crippen LogP contribution in [0.2, 0.25) is 0 Å². The van der Waals surface area contributed by atoms with Gasteiger partial charge >= 0.3 is 0 Å². The average molecular weight is 296 g/mol. The SMILES string of the molecule is C[C@H](O)c1ccc(OCC(=O)N2CCN(C)CC2)cc1F. The molecule has 1 aromatic rings. The molecule has 5 nitrogen and oxygen atoms in total. The lowest BCUT2D eigenvalue weighted by molar-refractivity contribution is -0.134. The van der Waals surface area contributed by atoms with Gasteiger partial charge in [0.25, 0.3) is 5.91 Å². The lowest BCUT2D eigenvalue weighted by Gasteiger charge is -2.32. The van der Waals surface area contributed by atoms with Crippen LogP contribution in [-0.2, 0) is 4.79 Å². The molecule has 0 aliphatic carbocycles. The smallest absolute Gasteiger partial charge is 0.260 e. The molecule has 1 fully saturated rings. The highest BCUT2D eigenvalue weighted by molar-refractivity contribution is 5.77. The third-order valence-corrected chi connectivity index (χ3v) is 3.64. The second-order valence-corrected chi connectivity index (χ2v) is 5.33. The van der Waals surface area contributed by atoms with Crippen molar-refractivity contribution in [2.75, 3.05) is 39.8 Å². The van der Waals surface area contributed by atoms with Crippen molar-refractivity contribution in [2.45, 2.75) is 13.0 Å². The van der Waals surface area contributed by atoms with Crippen LogP contribution in [0.25, 0.3) is 0 Å². The van der Waals surface area contributed by atoms with Crippen molar-refractivity contribution in [2.24, 2.45) is 0 Å². The van der Waals surface area contributed by atoms with E-state index in [4.69, 9.17) is 4.74 Å². The van der Waals surface area contributed by atoms with Crippen molar-refractivity contribution in [1.29, 1.82) is 0 Å². The molecule has 0 saturated carbocycles. The maximum atomic E-state index is 13.7. The van der Waals surface area contributed by atoms with E-state index in [1.807, 2.05) is 7.05 Å². The Morgan fingerprint density at radius 2 is 2.05 bits per heavy atom. The van der Waals surface area contributed by atoms with Gasteiger partial charge < -0.3 is 19.6 Å². The fourth-order valence-electron chi connectivity index (χ4n) is 2.23. The molecule has 6 heteroatoms. The number of nitrogens with zero attached hydrogens (tertiary/aromatic N) is 2. The fourth-order valence-corrected chi connectivity index (χ4v) is 2.23. The van der Waals surface area contributed by atoms with E-state index in [1.54, 1.807) is 11.0 Å². The molecule has 0 aromatic heterocycles. The van der Waals surface area contributed by atoms with Gasteiger partial charge in [-0.25, -0.2) is 4.39 Å². The number of rotatable bonds is 4. The van der Waals surface area contributed by atoms with E-state index in [0.717, 1.165) is 13.1 Å². The zero-order chi connectivity index (χ0) is 15.4. The zero-order valence-electron chi connectivity index (χ0n) is 12.4. The van der Waals surface area contributed by atoms with E-state index in [2.05, 4.69) is 4.90 Å². The van der Waals surface area contributed by atoms with Crippen LogP contribution in [0.4, 0.5) is 4.39 Å². The third-order valence-electron chi connectivity index (χ3n) is 3.64. The summed E-state index contributed by atoms with van der Waals surface area (Å²) in [6.07, 6.45) is -0.869. The topological polar surface area (TPSA) is 53.0 Å². The van der Waals surface area contributed by atoms with E-state index in [0.29, 0.717) is 18.8 Å². The van der Waals surface area contributed by atoms with Gasteiger partial charge in [0.05, 0.1) is 6.10 Å². The number of aliphatic hydroxyl groups is 1. The summed E-state index contributed by atoms with van der Waals surface area (Å²) in [5.41, 5.74) is 0.216. The number of halogens is 1. The highest BCUT2D eigenvalue weighted by atomic mass is 19.1. The maximum absolute atomic E-state index is 13.7. The number of aliphatic hydroxyl groups excluding tert-OH is 1. The van der Waals surface area contributed by atoms with Crippen molar-refractivity contribution < 1.29 is 19.0 Å². The molecule has 1 N–H and O–H groups in total. The second-order valence-electron chi connectivity index (χ2n) is 5.33. The summed E-state index contributed by atoms with van der Waals surface area (Å²) < 4.78 is 19.0. The summed E-state index contributed by atoms with van der Waals surface area (Å²) in [6.45, 7) is 4.47. The van der Waals surface area contributed by atoms with Gasteiger partial charge in [-0.05, 0) is 26.1 Å². The van der Waals surface area contributed by atoms with Gasteiger partial charge in [-0.1, -0.05) is 0 Å². The molecule has 1 heterocycles. The Morgan fingerprint density at radius 1 is 1.38 bits per heavy atom. The molecule has 0 radical (unpaired) electrons. The Hall–Kier alpha value is -1.66. The molecule has 21 heavy (non-hydrogen) atoms. The number of benzene rings is 1. The minimum absolute atomic E-state index is 0.0943. The molecule has 0 spiro atoms. The maximum Gasteiger partial charge on any atom is 0.260 e. The molecular formula is C15H21FN2O3. The van der Waals surface area contributed by atoms with Crippen LogP contribution in [-0.4, -0.2) is 60.6 Å². The van der Waals surface area contributed by atoms with Gasteiger partial charge in [0.1, 0.15) is 11.6 Å². The minimum Gasteiger partial charge on any atom is -0.484 e. The first-order chi connectivity index (χ1) is 9.97. The van der Waals surface area contributed by atoms with Crippen molar-refractivity contribution in [1.82, 2.24) is 9.80 Å². The number of piperazine rings is 1. The van der Waals surface area contributed by atoms with Crippen LogP contribution in [0.15, 0.2) is 18.2 Å². The quantitative estimate of drug-likeness (QED) is 0.902. The fraction of sp³-hybridized carbons (Fsp3) is 0.533. The third kappa shape index (κ3) is 4.15.